The van der Waals surface area contributed by atoms with Crippen molar-refractivity contribution in [3.8, 4) is 0 Å². The van der Waals surface area contributed by atoms with Crippen molar-refractivity contribution in [2.24, 2.45) is 0 Å². The van der Waals surface area contributed by atoms with Crippen molar-refractivity contribution >= 4 is 32.3 Å². The summed E-state index contributed by atoms with van der Waals surface area (Å²) < 4.78 is 2.14. The first-order chi connectivity index (χ1) is 7.71. The molecule has 0 unspecified atom stereocenters. The number of aromatic nitrogens is 1. The molecule has 0 radical (unpaired) electrons. The summed E-state index contributed by atoms with van der Waals surface area (Å²) in [5.41, 5.74) is 2.25. The van der Waals surface area contributed by atoms with Gasteiger partial charge in [-0.2, -0.15) is 0 Å². The lowest BCUT2D eigenvalue weighted by Crippen LogP contribution is -2.28. The smallest absolute Gasteiger partial charge is 0.223 e. The Morgan fingerprint density at radius 2 is 1.88 bits per heavy atom. The van der Waals surface area contributed by atoms with E-state index in [0.29, 0.717) is 0 Å². The summed E-state index contributed by atoms with van der Waals surface area (Å²) in [7, 11) is 2.05. The van der Waals surface area contributed by atoms with Gasteiger partial charge in [0, 0.05) is 21.8 Å². The first-order valence-electron chi connectivity index (χ1n) is 5.44. The van der Waals surface area contributed by atoms with Crippen LogP contribution < -0.4 is 10.6 Å². The van der Waals surface area contributed by atoms with Gasteiger partial charge in [0.1, 0.15) is 0 Å². The Hall–Kier alpha value is -1.70. The van der Waals surface area contributed by atoms with Crippen molar-refractivity contribution < 1.29 is 0 Å². The van der Waals surface area contributed by atoms with Gasteiger partial charge in [-0.25, -0.2) is 0 Å². The lowest BCUT2D eigenvalue weighted by atomic mass is 10.1. The van der Waals surface area contributed by atoms with E-state index in [0.717, 1.165) is 11.3 Å². The standard InChI is InChI=1S/C14H18BN/c1-5-9-10-12-11(6-2)13(7-3)16(15)14(12)8-4/h5-10H,2-3,15H2,1,4H3/b9-5-,12-10-,14-8+. The van der Waals surface area contributed by atoms with Crippen LogP contribution in [0.5, 0.6) is 0 Å². The molecular formula is C14H18BN. The number of hydrogen-bond acceptors (Lipinski definition) is 0. The molecule has 2 heteroatoms. The summed E-state index contributed by atoms with van der Waals surface area (Å²) in [6, 6.07) is 0. The first kappa shape index (κ1) is 12.4. The van der Waals surface area contributed by atoms with Crippen molar-refractivity contribution in [1.82, 2.24) is 4.48 Å². The summed E-state index contributed by atoms with van der Waals surface area (Å²) in [6.45, 7) is 11.8. The zero-order valence-corrected chi connectivity index (χ0v) is 10.3. The van der Waals surface area contributed by atoms with Crippen molar-refractivity contribution in [2.75, 3.05) is 0 Å². The van der Waals surface area contributed by atoms with Crippen LogP contribution >= 0.6 is 0 Å². The van der Waals surface area contributed by atoms with Crippen molar-refractivity contribution in [3.05, 3.63) is 47.1 Å². The largest absolute Gasteiger partial charge is 0.393 e. The lowest BCUT2D eigenvalue weighted by Gasteiger charge is -1.97. The average Bonchev–Trinajstić information content (AvgIpc) is 2.57. The van der Waals surface area contributed by atoms with E-state index in [1.54, 1.807) is 0 Å². The first-order valence-corrected chi connectivity index (χ1v) is 5.44. The molecule has 0 amide bonds. The molecule has 0 bridgehead atoms. The molecule has 0 N–H and O–H groups in total. The minimum absolute atomic E-state index is 1.11. The fourth-order valence-corrected chi connectivity index (χ4v) is 1.95. The highest BCUT2D eigenvalue weighted by Crippen LogP contribution is 2.04. The molecule has 82 valence electrons. The predicted octanol–water partition coefficient (Wildman–Crippen LogP) is 1.33. The van der Waals surface area contributed by atoms with Crippen LogP contribution in [0.15, 0.2) is 25.3 Å². The van der Waals surface area contributed by atoms with Crippen molar-refractivity contribution in [1.29, 1.82) is 0 Å². The van der Waals surface area contributed by atoms with Gasteiger partial charge in [-0.1, -0.05) is 43.5 Å². The van der Waals surface area contributed by atoms with Gasteiger partial charge in [-0.05, 0) is 19.9 Å². The molecule has 16 heavy (non-hydrogen) atoms. The van der Waals surface area contributed by atoms with E-state index in [9.17, 15) is 0 Å². The maximum absolute atomic E-state index is 3.88. The molecule has 1 aromatic rings. The highest BCUT2D eigenvalue weighted by Gasteiger charge is 2.05. The molecule has 1 rings (SSSR count). The van der Waals surface area contributed by atoms with Crippen LogP contribution in [0, 0.1) is 0 Å². The van der Waals surface area contributed by atoms with E-state index in [4.69, 9.17) is 0 Å². The van der Waals surface area contributed by atoms with Gasteiger partial charge in [-0.15, -0.1) is 0 Å². The maximum atomic E-state index is 3.88. The predicted molar refractivity (Wildman–Crippen MR) is 77.2 cm³/mol. The van der Waals surface area contributed by atoms with E-state index < -0.39 is 0 Å². The summed E-state index contributed by atoms with van der Waals surface area (Å²) in [5.74, 6) is 0. The minimum atomic E-state index is 1.11. The van der Waals surface area contributed by atoms with Gasteiger partial charge in [-0.3, -0.25) is 0 Å². The van der Waals surface area contributed by atoms with E-state index in [1.165, 1.54) is 10.6 Å². The highest BCUT2D eigenvalue weighted by molar-refractivity contribution is 6.08. The molecule has 1 nitrogen and oxygen atoms in total. The molecule has 0 saturated heterocycles. The Labute approximate surface area is 98.2 Å². The topological polar surface area (TPSA) is 4.93 Å². The van der Waals surface area contributed by atoms with E-state index in [1.807, 2.05) is 46.1 Å². The normalized spacial score (nSPS) is 13.6. The zero-order chi connectivity index (χ0) is 12.1. The number of nitrogens with zero attached hydrogens (tertiary/aromatic N) is 1. The molecule has 1 heterocycles. The molecular weight excluding hydrogens is 193 g/mol. The fourth-order valence-electron chi connectivity index (χ4n) is 1.95. The third kappa shape index (κ3) is 1.96. The minimum Gasteiger partial charge on any atom is -0.393 e. The van der Waals surface area contributed by atoms with Gasteiger partial charge in [0.2, 0.25) is 7.98 Å². The third-order valence-corrected chi connectivity index (χ3v) is 2.69. The molecule has 0 aliphatic heterocycles. The highest BCUT2D eigenvalue weighted by atomic mass is 14.9. The van der Waals surface area contributed by atoms with Gasteiger partial charge in [0.15, 0.2) is 0 Å². The average molecular weight is 211 g/mol. The Kier molecular flexibility index (Phi) is 4.18. The molecule has 0 aromatic carbocycles. The monoisotopic (exact) mass is 211 g/mol. The molecule has 0 spiro atoms. The van der Waals surface area contributed by atoms with Crippen LogP contribution in [-0.2, 0) is 0 Å². The van der Waals surface area contributed by atoms with Gasteiger partial charge >= 0.3 is 0 Å². The van der Waals surface area contributed by atoms with Crippen LogP contribution in [0.4, 0.5) is 0 Å². The number of allylic oxidation sites excluding steroid dienone is 2. The fraction of sp³-hybridized carbons (Fsp3) is 0.143. The summed E-state index contributed by atoms with van der Waals surface area (Å²) in [6.07, 6.45) is 12.0. The lowest BCUT2D eigenvalue weighted by molar-refractivity contribution is 1.16. The van der Waals surface area contributed by atoms with Crippen LogP contribution in [0.2, 0.25) is 0 Å². The Morgan fingerprint density at radius 3 is 2.31 bits per heavy atom. The summed E-state index contributed by atoms with van der Waals surface area (Å²) in [4.78, 5) is 0. The van der Waals surface area contributed by atoms with Crippen LogP contribution in [-0.4, -0.2) is 12.5 Å². The second-order valence-electron chi connectivity index (χ2n) is 3.55. The maximum Gasteiger partial charge on any atom is 0.223 e. The molecule has 0 fully saturated rings. The molecule has 0 aliphatic rings. The quantitative estimate of drug-likeness (QED) is 0.664. The molecule has 0 atom stereocenters. The molecule has 1 aromatic heterocycles. The molecule has 0 saturated carbocycles. The molecule has 0 aliphatic carbocycles. The van der Waals surface area contributed by atoms with Crippen LogP contribution in [0.1, 0.15) is 25.1 Å². The number of hydrogen-bond donors (Lipinski definition) is 0. The van der Waals surface area contributed by atoms with Gasteiger partial charge < -0.3 is 4.48 Å². The number of rotatable bonds is 3. The second-order valence-corrected chi connectivity index (χ2v) is 3.55. The van der Waals surface area contributed by atoms with E-state index >= 15 is 0 Å². The van der Waals surface area contributed by atoms with Crippen LogP contribution in [0.3, 0.4) is 0 Å². The van der Waals surface area contributed by atoms with Crippen molar-refractivity contribution in [3.63, 3.8) is 0 Å². The Bertz CT molecular complexity index is 544. The second kappa shape index (κ2) is 5.41. The summed E-state index contributed by atoms with van der Waals surface area (Å²) >= 11 is 0. The summed E-state index contributed by atoms with van der Waals surface area (Å²) in [5, 5.41) is 2.40. The van der Waals surface area contributed by atoms with Crippen LogP contribution in [0.25, 0.3) is 24.3 Å². The third-order valence-electron chi connectivity index (χ3n) is 2.69. The zero-order valence-electron chi connectivity index (χ0n) is 10.3. The SMILES string of the molecule is Bn1c(C=C)c(C=C)c(=C/C=C\C)/c1=C\C. The van der Waals surface area contributed by atoms with E-state index in [2.05, 4.69) is 29.8 Å². The van der Waals surface area contributed by atoms with Gasteiger partial charge in [0.25, 0.3) is 0 Å². The van der Waals surface area contributed by atoms with Crippen molar-refractivity contribution in [2.45, 2.75) is 13.8 Å². The van der Waals surface area contributed by atoms with E-state index in [-0.39, 0.29) is 0 Å². The Morgan fingerprint density at radius 1 is 1.19 bits per heavy atom. The van der Waals surface area contributed by atoms with Gasteiger partial charge in [0.05, 0.1) is 0 Å². The Balaban J connectivity index is 3.84.